The maximum Gasteiger partial charge on any atom is 0.320 e. The van der Waals surface area contributed by atoms with Crippen LogP contribution >= 0.6 is 0 Å². The van der Waals surface area contributed by atoms with E-state index >= 15 is 0 Å². The lowest BCUT2D eigenvalue weighted by Crippen LogP contribution is -2.44. The van der Waals surface area contributed by atoms with Crippen LogP contribution in [0, 0.1) is 0 Å². The summed E-state index contributed by atoms with van der Waals surface area (Å²) in [6.45, 7) is 4.96. The molecule has 5 nitrogen and oxygen atoms in total. The van der Waals surface area contributed by atoms with Gasteiger partial charge >= 0.3 is 12.0 Å². The minimum absolute atomic E-state index is 0.0701. The number of hydrogen-bond donors (Lipinski definition) is 1. The molecule has 0 fully saturated rings. The van der Waals surface area contributed by atoms with E-state index in [2.05, 4.69) is 0 Å². The summed E-state index contributed by atoms with van der Waals surface area (Å²) in [6, 6.07) is 9.85. The van der Waals surface area contributed by atoms with Crippen LogP contribution in [0.3, 0.4) is 0 Å². The van der Waals surface area contributed by atoms with Crippen molar-refractivity contribution in [2.24, 2.45) is 0 Å². The summed E-state index contributed by atoms with van der Waals surface area (Å²) in [4.78, 5) is 26.4. The number of benzene rings is 1. The quantitative estimate of drug-likeness (QED) is 0.840. The molecule has 0 atom stereocenters. The molecule has 0 aliphatic rings. The third-order valence-electron chi connectivity index (χ3n) is 3.28. The molecule has 1 aromatic carbocycles. The molecule has 2 amide bonds. The van der Waals surface area contributed by atoms with Crippen molar-refractivity contribution in [3.05, 3.63) is 35.9 Å². The van der Waals surface area contributed by atoms with Crippen molar-refractivity contribution in [3.8, 4) is 0 Å². The predicted molar refractivity (Wildman–Crippen MR) is 82.0 cm³/mol. The van der Waals surface area contributed by atoms with Crippen LogP contribution in [0.5, 0.6) is 0 Å². The Labute approximate surface area is 126 Å². The van der Waals surface area contributed by atoms with E-state index in [0.29, 0.717) is 19.5 Å². The van der Waals surface area contributed by atoms with Crippen molar-refractivity contribution in [1.29, 1.82) is 0 Å². The minimum atomic E-state index is -0.833. The Kier molecular flexibility index (Phi) is 6.72. The van der Waals surface area contributed by atoms with E-state index in [1.807, 2.05) is 44.2 Å². The molecular weight excluding hydrogens is 268 g/mol. The van der Waals surface area contributed by atoms with Gasteiger partial charge in [-0.15, -0.1) is 0 Å². The lowest BCUT2D eigenvalue weighted by molar-refractivity contribution is -0.137. The van der Waals surface area contributed by atoms with E-state index in [0.717, 1.165) is 5.56 Å². The van der Waals surface area contributed by atoms with E-state index in [1.54, 1.807) is 16.8 Å². The van der Waals surface area contributed by atoms with Gasteiger partial charge in [-0.05, 0) is 25.8 Å². The fraction of sp³-hybridized carbons (Fsp3) is 0.500. The van der Waals surface area contributed by atoms with Crippen molar-refractivity contribution >= 4 is 12.0 Å². The van der Waals surface area contributed by atoms with Gasteiger partial charge in [0.05, 0.1) is 0 Å². The summed E-state index contributed by atoms with van der Waals surface area (Å²) >= 11 is 0. The number of aliphatic carboxylic acids is 1. The number of carbonyl (C=O) groups is 2. The van der Waals surface area contributed by atoms with Crippen LogP contribution in [0.2, 0.25) is 0 Å². The molecular formula is C16H24N2O3. The van der Waals surface area contributed by atoms with Gasteiger partial charge in [0.25, 0.3) is 0 Å². The zero-order chi connectivity index (χ0) is 15.8. The normalized spacial score (nSPS) is 10.5. The molecule has 0 aromatic heterocycles. The highest BCUT2D eigenvalue weighted by Gasteiger charge is 2.20. The van der Waals surface area contributed by atoms with Crippen molar-refractivity contribution < 1.29 is 14.7 Å². The number of nitrogens with zero attached hydrogens (tertiary/aromatic N) is 2. The van der Waals surface area contributed by atoms with Crippen molar-refractivity contribution in [2.45, 2.75) is 39.3 Å². The fourth-order valence-corrected chi connectivity index (χ4v) is 2.03. The number of carboxylic acids is 1. The topological polar surface area (TPSA) is 60.9 Å². The summed E-state index contributed by atoms with van der Waals surface area (Å²) in [6.07, 6.45) is 0.548. The molecule has 1 N–H and O–H groups in total. The highest BCUT2D eigenvalue weighted by molar-refractivity contribution is 5.74. The zero-order valence-corrected chi connectivity index (χ0v) is 13.0. The number of amides is 2. The molecule has 0 bridgehead atoms. The van der Waals surface area contributed by atoms with Crippen LogP contribution in [0.4, 0.5) is 4.79 Å². The van der Waals surface area contributed by atoms with Crippen molar-refractivity contribution in [3.63, 3.8) is 0 Å². The van der Waals surface area contributed by atoms with Gasteiger partial charge in [-0.25, -0.2) is 4.79 Å². The number of carbonyl (C=O) groups excluding carboxylic acids is 1. The molecule has 21 heavy (non-hydrogen) atoms. The Morgan fingerprint density at radius 3 is 2.33 bits per heavy atom. The second-order valence-corrected chi connectivity index (χ2v) is 5.41. The van der Waals surface area contributed by atoms with Crippen LogP contribution in [0.1, 0.15) is 32.3 Å². The maximum atomic E-state index is 12.5. The van der Waals surface area contributed by atoms with E-state index in [1.165, 1.54) is 0 Å². The van der Waals surface area contributed by atoms with Crippen LogP contribution in [0.25, 0.3) is 0 Å². The number of urea groups is 1. The second-order valence-electron chi connectivity index (χ2n) is 5.41. The fourth-order valence-electron chi connectivity index (χ4n) is 2.03. The highest BCUT2D eigenvalue weighted by atomic mass is 16.4. The van der Waals surface area contributed by atoms with Gasteiger partial charge in [-0.1, -0.05) is 30.3 Å². The van der Waals surface area contributed by atoms with E-state index in [-0.39, 0.29) is 18.5 Å². The molecule has 5 heteroatoms. The SMILES string of the molecule is CC(C)N(Cc1ccccc1)C(=O)N(C)CCCC(=O)O. The molecule has 0 unspecified atom stereocenters. The largest absolute Gasteiger partial charge is 0.481 e. The van der Waals surface area contributed by atoms with E-state index in [4.69, 9.17) is 5.11 Å². The predicted octanol–water partition coefficient (Wildman–Crippen LogP) is 2.81. The van der Waals surface area contributed by atoms with Crippen molar-refractivity contribution in [2.75, 3.05) is 13.6 Å². The summed E-state index contributed by atoms with van der Waals surface area (Å²) in [5.74, 6) is -0.833. The van der Waals surface area contributed by atoms with E-state index < -0.39 is 5.97 Å². The van der Waals surface area contributed by atoms with Crippen molar-refractivity contribution in [1.82, 2.24) is 9.80 Å². The first-order valence-corrected chi connectivity index (χ1v) is 7.19. The lowest BCUT2D eigenvalue weighted by atomic mass is 10.2. The molecule has 0 spiro atoms. The number of hydrogen-bond acceptors (Lipinski definition) is 2. The maximum absolute atomic E-state index is 12.5. The third-order valence-corrected chi connectivity index (χ3v) is 3.28. The third kappa shape index (κ3) is 5.85. The lowest BCUT2D eigenvalue weighted by Gasteiger charge is -2.31. The molecule has 0 saturated carbocycles. The number of rotatable bonds is 7. The molecule has 0 heterocycles. The molecule has 0 aliphatic heterocycles. The first-order chi connectivity index (χ1) is 9.91. The van der Waals surface area contributed by atoms with Crippen LogP contribution in [0.15, 0.2) is 30.3 Å². The summed E-state index contributed by atoms with van der Waals surface area (Å²) in [7, 11) is 1.71. The Morgan fingerprint density at radius 2 is 1.81 bits per heavy atom. The molecule has 0 radical (unpaired) electrons. The minimum Gasteiger partial charge on any atom is -0.481 e. The molecule has 0 saturated heterocycles. The second kappa shape index (κ2) is 8.29. The molecule has 1 aromatic rings. The molecule has 116 valence electrons. The molecule has 1 rings (SSSR count). The van der Waals surface area contributed by atoms with Gasteiger partial charge in [0, 0.05) is 32.6 Å². The summed E-state index contributed by atoms with van der Waals surface area (Å²) in [5, 5.41) is 8.64. The van der Waals surface area contributed by atoms with Gasteiger partial charge in [-0.2, -0.15) is 0 Å². The van der Waals surface area contributed by atoms with Gasteiger partial charge in [-0.3, -0.25) is 4.79 Å². The summed E-state index contributed by atoms with van der Waals surface area (Å²) < 4.78 is 0. The van der Waals surface area contributed by atoms with Crippen LogP contribution in [-0.4, -0.2) is 46.5 Å². The molecule has 0 aliphatic carbocycles. The zero-order valence-electron chi connectivity index (χ0n) is 13.0. The Morgan fingerprint density at radius 1 is 1.19 bits per heavy atom. The van der Waals surface area contributed by atoms with Gasteiger partial charge in [0.2, 0.25) is 0 Å². The van der Waals surface area contributed by atoms with Crippen LogP contribution in [-0.2, 0) is 11.3 Å². The van der Waals surface area contributed by atoms with Crippen LogP contribution < -0.4 is 0 Å². The average molecular weight is 292 g/mol. The standard InChI is InChI=1S/C16H24N2O3/c1-13(2)18(12-14-8-5-4-6-9-14)16(21)17(3)11-7-10-15(19)20/h4-6,8-9,13H,7,10-12H2,1-3H3,(H,19,20). The average Bonchev–Trinajstić information content (AvgIpc) is 2.44. The van der Waals surface area contributed by atoms with Gasteiger partial charge in [0.15, 0.2) is 0 Å². The monoisotopic (exact) mass is 292 g/mol. The Balaban J connectivity index is 2.62. The smallest absolute Gasteiger partial charge is 0.320 e. The Bertz CT molecular complexity index is 460. The Hall–Kier alpha value is -2.04. The highest BCUT2D eigenvalue weighted by Crippen LogP contribution is 2.11. The summed E-state index contributed by atoms with van der Waals surface area (Å²) in [5.41, 5.74) is 1.08. The number of carboxylic acid groups (broad SMARTS) is 1. The van der Waals surface area contributed by atoms with Gasteiger partial charge in [0.1, 0.15) is 0 Å². The first-order valence-electron chi connectivity index (χ1n) is 7.19. The first kappa shape index (κ1) is 17.0. The van der Waals surface area contributed by atoms with E-state index in [9.17, 15) is 9.59 Å². The van der Waals surface area contributed by atoms with Gasteiger partial charge < -0.3 is 14.9 Å².